The van der Waals surface area contributed by atoms with Crippen LogP contribution in [0, 0.1) is 0 Å². The zero-order valence-corrected chi connectivity index (χ0v) is 21.0. The van der Waals surface area contributed by atoms with Crippen LogP contribution in [-0.2, 0) is 19.3 Å². The minimum atomic E-state index is 1.14. The summed E-state index contributed by atoms with van der Waals surface area (Å²) in [6, 6.07) is 13.9. The molecule has 1 aliphatic carbocycles. The van der Waals surface area contributed by atoms with Crippen molar-refractivity contribution < 1.29 is 0 Å². The smallest absolute Gasteiger partial charge is 0.00313 e. The molecule has 0 spiro atoms. The predicted molar refractivity (Wildman–Crippen MR) is 136 cm³/mol. The monoisotopic (exact) mass is 518 g/mol. The van der Waals surface area contributed by atoms with Gasteiger partial charge >= 0.3 is 0 Å². The van der Waals surface area contributed by atoms with Crippen molar-refractivity contribution in [1.29, 1.82) is 0 Å². The third-order valence-corrected chi connectivity index (χ3v) is 7.46. The summed E-state index contributed by atoms with van der Waals surface area (Å²) in [5.74, 6) is 0. The highest BCUT2D eigenvalue weighted by Crippen LogP contribution is 2.40. The fourth-order valence-electron chi connectivity index (χ4n) is 4.74. The van der Waals surface area contributed by atoms with Crippen molar-refractivity contribution in [2.45, 2.75) is 83.5 Å². The quantitative estimate of drug-likeness (QED) is 0.147. The maximum absolute atomic E-state index is 3.55. The Morgan fingerprint density at radius 1 is 0.586 bits per heavy atom. The molecule has 0 unspecified atom stereocenters. The standard InChI is InChI=1S/C27H36Br2/c28-19-11-5-1-3-7-13-22-17-18-26-25-16-10-9-14-23(25)21-27(26)24(22)15-8-4-2-6-12-20-29/h9-10,14,16-18H,1-8,11-13,15,19-21H2. The van der Waals surface area contributed by atoms with Crippen molar-refractivity contribution >= 4 is 31.9 Å². The molecule has 0 N–H and O–H groups in total. The van der Waals surface area contributed by atoms with Crippen LogP contribution in [-0.4, -0.2) is 10.7 Å². The Labute approximate surface area is 195 Å². The number of aryl methyl sites for hydroxylation is 1. The Morgan fingerprint density at radius 2 is 1.21 bits per heavy atom. The number of rotatable bonds is 14. The van der Waals surface area contributed by atoms with Gasteiger partial charge in [0.15, 0.2) is 0 Å². The van der Waals surface area contributed by atoms with Crippen molar-refractivity contribution in [2.75, 3.05) is 10.7 Å². The molecule has 3 rings (SSSR count). The van der Waals surface area contributed by atoms with Gasteiger partial charge in [0.1, 0.15) is 0 Å². The highest BCUT2D eigenvalue weighted by molar-refractivity contribution is 9.09. The van der Waals surface area contributed by atoms with Gasteiger partial charge in [-0.3, -0.25) is 0 Å². The summed E-state index contributed by atoms with van der Waals surface area (Å²) < 4.78 is 0. The van der Waals surface area contributed by atoms with Crippen molar-refractivity contribution in [3.63, 3.8) is 0 Å². The molecule has 2 heteroatoms. The van der Waals surface area contributed by atoms with E-state index in [4.69, 9.17) is 0 Å². The largest absolute Gasteiger partial charge is 0.0928 e. The number of hydrogen-bond acceptors (Lipinski definition) is 0. The predicted octanol–water partition coefficient (Wildman–Crippen LogP) is 9.03. The zero-order valence-electron chi connectivity index (χ0n) is 17.8. The van der Waals surface area contributed by atoms with Gasteiger partial charge in [0.25, 0.3) is 0 Å². The molecule has 2 aromatic carbocycles. The fourth-order valence-corrected chi connectivity index (χ4v) is 5.53. The van der Waals surface area contributed by atoms with Gasteiger partial charge in [-0.1, -0.05) is 107 Å². The lowest BCUT2D eigenvalue weighted by molar-refractivity contribution is 0.622. The van der Waals surface area contributed by atoms with Crippen LogP contribution >= 0.6 is 31.9 Å². The molecule has 0 bridgehead atoms. The first-order chi connectivity index (χ1) is 14.3. The second kappa shape index (κ2) is 13.0. The van der Waals surface area contributed by atoms with E-state index in [1.54, 1.807) is 16.7 Å². The highest BCUT2D eigenvalue weighted by atomic mass is 79.9. The van der Waals surface area contributed by atoms with Gasteiger partial charge in [-0.25, -0.2) is 0 Å². The molecule has 2 aromatic rings. The van der Waals surface area contributed by atoms with Gasteiger partial charge in [0.05, 0.1) is 0 Å². The average molecular weight is 520 g/mol. The molecule has 0 nitrogen and oxygen atoms in total. The molecule has 1 aliphatic rings. The highest BCUT2D eigenvalue weighted by Gasteiger charge is 2.22. The molecule has 29 heavy (non-hydrogen) atoms. The third-order valence-electron chi connectivity index (χ3n) is 6.34. The summed E-state index contributed by atoms with van der Waals surface area (Å²) in [5.41, 5.74) is 9.48. The topological polar surface area (TPSA) is 0 Å². The van der Waals surface area contributed by atoms with Crippen molar-refractivity contribution in [3.05, 3.63) is 58.7 Å². The van der Waals surface area contributed by atoms with E-state index in [1.165, 1.54) is 93.7 Å². The van der Waals surface area contributed by atoms with E-state index in [0.717, 1.165) is 17.1 Å². The van der Waals surface area contributed by atoms with Gasteiger partial charge < -0.3 is 0 Å². The Kier molecular flexibility index (Phi) is 10.3. The number of fused-ring (bicyclic) bond motifs is 3. The van der Waals surface area contributed by atoms with E-state index in [0.29, 0.717) is 0 Å². The van der Waals surface area contributed by atoms with Crippen LogP contribution in [0.5, 0.6) is 0 Å². The Morgan fingerprint density at radius 3 is 1.93 bits per heavy atom. The Hall–Kier alpha value is -0.600. The number of halogens is 2. The van der Waals surface area contributed by atoms with E-state index in [9.17, 15) is 0 Å². The minimum absolute atomic E-state index is 1.14. The minimum Gasteiger partial charge on any atom is -0.0928 e. The van der Waals surface area contributed by atoms with Gasteiger partial charge in [0.2, 0.25) is 0 Å². The Bertz CT molecular complexity index is 750. The van der Waals surface area contributed by atoms with Gasteiger partial charge in [0, 0.05) is 10.7 Å². The molecule has 0 saturated heterocycles. The van der Waals surface area contributed by atoms with Crippen molar-refractivity contribution in [1.82, 2.24) is 0 Å². The first-order valence-electron chi connectivity index (χ1n) is 11.7. The molecule has 0 fully saturated rings. The van der Waals surface area contributed by atoms with Gasteiger partial charge in [-0.15, -0.1) is 0 Å². The lowest BCUT2D eigenvalue weighted by Crippen LogP contribution is -2.01. The maximum Gasteiger partial charge on any atom is 0.00313 e. The van der Waals surface area contributed by atoms with E-state index in [1.807, 2.05) is 0 Å². The summed E-state index contributed by atoms with van der Waals surface area (Å²) in [7, 11) is 0. The van der Waals surface area contributed by atoms with Crippen LogP contribution in [0.1, 0.15) is 86.5 Å². The van der Waals surface area contributed by atoms with E-state index < -0.39 is 0 Å². The van der Waals surface area contributed by atoms with Crippen molar-refractivity contribution in [2.24, 2.45) is 0 Å². The van der Waals surface area contributed by atoms with Gasteiger partial charge in [-0.05, 0) is 78.3 Å². The van der Waals surface area contributed by atoms with Crippen LogP contribution in [0.25, 0.3) is 11.1 Å². The third kappa shape index (κ3) is 6.69. The first kappa shape index (κ1) is 23.1. The lowest BCUT2D eigenvalue weighted by Gasteiger charge is -2.15. The second-order valence-electron chi connectivity index (χ2n) is 8.48. The van der Waals surface area contributed by atoms with Crippen LogP contribution in [0.2, 0.25) is 0 Å². The van der Waals surface area contributed by atoms with E-state index >= 15 is 0 Å². The molecule has 0 saturated carbocycles. The van der Waals surface area contributed by atoms with Crippen LogP contribution in [0.4, 0.5) is 0 Å². The molecule has 0 radical (unpaired) electrons. The average Bonchev–Trinajstić information content (AvgIpc) is 3.12. The fraction of sp³-hybridized carbons (Fsp3) is 0.556. The van der Waals surface area contributed by atoms with Crippen LogP contribution in [0.3, 0.4) is 0 Å². The number of hydrogen-bond donors (Lipinski definition) is 0. The molecule has 0 amide bonds. The molecule has 0 aliphatic heterocycles. The SMILES string of the molecule is BrCCCCCCCc1ccc2c(c1CCCCCCCBr)Cc1ccccc1-2. The summed E-state index contributed by atoms with van der Waals surface area (Å²) in [5, 5.41) is 2.30. The number of alkyl halides is 2. The maximum atomic E-state index is 3.55. The molecule has 0 heterocycles. The molecular weight excluding hydrogens is 484 g/mol. The van der Waals surface area contributed by atoms with Crippen LogP contribution < -0.4 is 0 Å². The second-order valence-corrected chi connectivity index (χ2v) is 10.1. The summed E-state index contributed by atoms with van der Waals surface area (Å²) in [6.45, 7) is 0. The summed E-state index contributed by atoms with van der Waals surface area (Å²) in [6.07, 6.45) is 17.2. The molecule has 0 atom stereocenters. The summed E-state index contributed by atoms with van der Waals surface area (Å²) in [4.78, 5) is 0. The molecular formula is C27H36Br2. The Balaban J connectivity index is 1.66. The van der Waals surface area contributed by atoms with Crippen molar-refractivity contribution in [3.8, 4) is 11.1 Å². The summed E-state index contributed by atoms with van der Waals surface area (Å²) >= 11 is 7.10. The number of benzene rings is 2. The van der Waals surface area contributed by atoms with E-state index in [2.05, 4.69) is 68.3 Å². The zero-order chi connectivity index (χ0) is 20.3. The number of unbranched alkanes of at least 4 members (excludes halogenated alkanes) is 8. The lowest BCUT2D eigenvalue weighted by atomic mass is 9.89. The van der Waals surface area contributed by atoms with E-state index in [-0.39, 0.29) is 0 Å². The van der Waals surface area contributed by atoms with Crippen LogP contribution in [0.15, 0.2) is 36.4 Å². The normalized spacial score (nSPS) is 12.2. The molecule has 158 valence electrons. The van der Waals surface area contributed by atoms with Gasteiger partial charge in [-0.2, -0.15) is 0 Å². The first-order valence-corrected chi connectivity index (χ1v) is 13.9. The molecule has 0 aromatic heterocycles.